The van der Waals surface area contributed by atoms with Gasteiger partial charge in [-0.25, -0.2) is 0 Å². The van der Waals surface area contributed by atoms with Crippen molar-refractivity contribution < 1.29 is 0 Å². The standard InChI is InChI=1S/C18H38N2/c1-4-5-6-7-11-14-18(2,16-19)20(3)15-17-12-9-8-10-13-17/h17H,4-16,19H2,1-3H3. The van der Waals surface area contributed by atoms with Crippen molar-refractivity contribution in [1.29, 1.82) is 0 Å². The maximum absolute atomic E-state index is 6.11. The number of likely N-dealkylation sites (N-methyl/N-ethyl adjacent to an activating group) is 1. The van der Waals surface area contributed by atoms with Crippen LogP contribution in [0.3, 0.4) is 0 Å². The minimum atomic E-state index is 0.212. The van der Waals surface area contributed by atoms with E-state index in [0.29, 0.717) is 0 Å². The third-order valence-corrected chi connectivity index (χ3v) is 5.44. The molecule has 0 saturated heterocycles. The second-order valence-corrected chi connectivity index (χ2v) is 7.25. The Morgan fingerprint density at radius 2 is 1.70 bits per heavy atom. The predicted octanol–water partition coefficient (Wildman–Crippen LogP) is 4.58. The summed E-state index contributed by atoms with van der Waals surface area (Å²) in [4.78, 5) is 2.57. The van der Waals surface area contributed by atoms with E-state index in [4.69, 9.17) is 5.73 Å². The molecule has 1 rings (SSSR count). The van der Waals surface area contributed by atoms with Gasteiger partial charge in [0.2, 0.25) is 0 Å². The van der Waals surface area contributed by atoms with E-state index in [-0.39, 0.29) is 5.54 Å². The Hall–Kier alpha value is -0.0800. The first-order valence-corrected chi connectivity index (χ1v) is 9.03. The molecule has 0 spiro atoms. The van der Waals surface area contributed by atoms with Crippen molar-refractivity contribution in [1.82, 2.24) is 4.90 Å². The quantitative estimate of drug-likeness (QED) is 0.594. The van der Waals surface area contributed by atoms with Gasteiger partial charge in [-0.15, -0.1) is 0 Å². The smallest absolute Gasteiger partial charge is 0.0300 e. The van der Waals surface area contributed by atoms with Crippen LogP contribution in [0.1, 0.15) is 84.5 Å². The van der Waals surface area contributed by atoms with E-state index < -0.39 is 0 Å². The Morgan fingerprint density at radius 3 is 2.30 bits per heavy atom. The maximum atomic E-state index is 6.11. The molecular formula is C18H38N2. The van der Waals surface area contributed by atoms with Gasteiger partial charge in [0.1, 0.15) is 0 Å². The fraction of sp³-hybridized carbons (Fsp3) is 1.00. The van der Waals surface area contributed by atoms with Gasteiger partial charge in [-0.2, -0.15) is 0 Å². The van der Waals surface area contributed by atoms with Crippen molar-refractivity contribution in [3.05, 3.63) is 0 Å². The van der Waals surface area contributed by atoms with Crippen LogP contribution in [0.2, 0.25) is 0 Å². The van der Waals surface area contributed by atoms with Crippen LogP contribution in [0.25, 0.3) is 0 Å². The lowest BCUT2D eigenvalue weighted by atomic mass is 9.86. The number of nitrogens with two attached hydrogens (primary N) is 1. The van der Waals surface area contributed by atoms with Gasteiger partial charge in [0, 0.05) is 18.6 Å². The second-order valence-electron chi connectivity index (χ2n) is 7.25. The fourth-order valence-electron chi connectivity index (χ4n) is 3.54. The summed E-state index contributed by atoms with van der Waals surface area (Å²) < 4.78 is 0. The summed E-state index contributed by atoms with van der Waals surface area (Å²) in [6.45, 7) is 6.70. The van der Waals surface area contributed by atoms with E-state index >= 15 is 0 Å². The van der Waals surface area contributed by atoms with Crippen LogP contribution in [0.5, 0.6) is 0 Å². The average molecular weight is 283 g/mol. The van der Waals surface area contributed by atoms with Crippen LogP contribution in [-0.2, 0) is 0 Å². The molecule has 1 atom stereocenters. The number of rotatable bonds is 10. The summed E-state index contributed by atoms with van der Waals surface area (Å²) in [5.41, 5.74) is 6.32. The van der Waals surface area contributed by atoms with Crippen LogP contribution in [0.4, 0.5) is 0 Å². The predicted molar refractivity (Wildman–Crippen MR) is 90.0 cm³/mol. The highest BCUT2D eigenvalue weighted by molar-refractivity contribution is 4.87. The summed E-state index contributed by atoms with van der Waals surface area (Å²) in [7, 11) is 2.30. The van der Waals surface area contributed by atoms with Gasteiger partial charge in [0.05, 0.1) is 0 Å². The van der Waals surface area contributed by atoms with Crippen molar-refractivity contribution in [2.45, 2.75) is 90.0 Å². The third-order valence-electron chi connectivity index (χ3n) is 5.44. The Kier molecular flexibility index (Phi) is 8.79. The molecular weight excluding hydrogens is 244 g/mol. The van der Waals surface area contributed by atoms with E-state index in [0.717, 1.165) is 12.5 Å². The topological polar surface area (TPSA) is 29.3 Å². The van der Waals surface area contributed by atoms with Crippen LogP contribution in [0.15, 0.2) is 0 Å². The van der Waals surface area contributed by atoms with Crippen molar-refractivity contribution in [2.24, 2.45) is 11.7 Å². The van der Waals surface area contributed by atoms with Gasteiger partial charge >= 0.3 is 0 Å². The lowest BCUT2D eigenvalue weighted by Crippen LogP contribution is -2.51. The third kappa shape index (κ3) is 6.13. The molecule has 2 N–H and O–H groups in total. The van der Waals surface area contributed by atoms with E-state index in [1.165, 1.54) is 77.2 Å². The van der Waals surface area contributed by atoms with Crippen molar-refractivity contribution in [2.75, 3.05) is 20.1 Å². The van der Waals surface area contributed by atoms with Crippen LogP contribution in [0, 0.1) is 5.92 Å². The van der Waals surface area contributed by atoms with E-state index in [9.17, 15) is 0 Å². The molecule has 0 aromatic carbocycles. The monoisotopic (exact) mass is 282 g/mol. The van der Waals surface area contributed by atoms with Gasteiger partial charge in [0.25, 0.3) is 0 Å². The first-order chi connectivity index (χ1) is 9.62. The van der Waals surface area contributed by atoms with Gasteiger partial charge < -0.3 is 5.73 Å². The van der Waals surface area contributed by atoms with Crippen LogP contribution in [-0.4, -0.2) is 30.6 Å². The van der Waals surface area contributed by atoms with E-state index in [2.05, 4.69) is 25.8 Å². The lowest BCUT2D eigenvalue weighted by Gasteiger charge is -2.41. The van der Waals surface area contributed by atoms with Gasteiger partial charge in [0.15, 0.2) is 0 Å². The van der Waals surface area contributed by atoms with Gasteiger partial charge in [-0.1, -0.05) is 58.3 Å². The summed E-state index contributed by atoms with van der Waals surface area (Å²) in [5, 5.41) is 0. The molecule has 0 aromatic heterocycles. The number of nitrogens with zero attached hydrogens (tertiary/aromatic N) is 1. The summed E-state index contributed by atoms with van der Waals surface area (Å²) in [6, 6.07) is 0. The SMILES string of the molecule is CCCCCCCC(C)(CN)N(C)CC1CCCCC1. The Balaban J connectivity index is 2.32. The molecule has 0 amide bonds. The zero-order valence-corrected chi connectivity index (χ0v) is 14.3. The van der Waals surface area contributed by atoms with Gasteiger partial charge in [-0.05, 0) is 39.2 Å². The highest BCUT2D eigenvalue weighted by atomic mass is 15.2. The molecule has 2 heteroatoms. The Bertz CT molecular complexity index is 236. The van der Waals surface area contributed by atoms with Crippen molar-refractivity contribution >= 4 is 0 Å². The average Bonchev–Trinajstić information content (AvgIpc) is 2.47. The molecule has 0 aliphatic heterocycles. The number of unbranched alkanes of at least 4 members (excludes halogenated alkanes) is 4. The van der Waals surface area contributed by atoms with Crippen LogP contribution < -0.4 is 5.73 Å². The zero-order chi connectivity index (χ0) is 14.8. The Labute approximate surface area is 127 Å². The minimum absolute atomic E-state index is 0.212. The fourth-order valence-corrected chi connectivity index (χ4v) is 3.54. The minimum Gasteiger partial charge on any atom is -0.329 e. The maximum Gasteiger partial charge on any atom is 0.0300 e. The zero-order valence-electron chi connectivity index (χ0n) is 14.3. The summed E-state index contributed by atoms with van der Waals surface area (Å²) >= 11 is 0. The summed E-state index contributed by atoms with van der Waals surface area (Å²) in [6.07, 6.45) is 15.3. The molecule has 0 heterocycles. The Morgan fingerprint density at radius 1 is 1.05 bits per heavy atom. The molecule has 0 bridgehead atoms. The molecule has 0 radical (unpaired) electrons. The molecule has 2 nitrogen and oxygen atoms in total. The molecule has 20 heavy (non-hydrogen) atoms. The van der Waals surface area contributed by atoms with E-state index in [1.807, 2.05) is 0 Å². The van der Waals surface area contributed by atoms with Crippen molar-refractivity contribution in [3.8, 4) is 0 Å². The first kappa shape index (κ1) is 18.0. The molecule has 1 saturated carbocycles. The largest absolute Gasteiger partial charge is 0.329 e. The summed E-state index contributed by atoms with van der Waals surface area (Å²) in [5.74, 6) is 0.916. The molecule has 1 aliphatic rings. The molecule has 0 aromatic rings. The van der Waals surface area contributed by atoms with Crippen LogP contribution >= 0.6 is 0 Å². The molecule has 1 aliphatic carbocycles. The normalized spacial score (nSPS) is 20.2. The molecule has 1 unspecified atom stereocenters. The molecule has 120 valence electrons. The highest BCUT2D eigenvalue weighted by Crippen LogP contribution is 2.28. The highest BCUT2D eigenvalue weighted by Gasteiger charge is 2.29. The number of hydrogen-bond acceptors (Lipinski definition) is 2. The first-order valence-electron chi connectivity index (χ1n) is 9.03. The second kappa shape index (κ2) is 9.78. The molecule has 1 fully saturated rings. The van der Waals surface area contributed by atoms with Gasteiger partial charge in [-0.3, -0.25) is 4.90 Å². The lowest BCUT2D eigenvalue weighted by molar-refractivity contribution is 0.0997. The van der Waals surface area contributed by atoms with E-state index in [1.54, 1.807) is 0 Å². The van der Waals surface area contributed by atoms with Crippen molar-refractivity contribution in [3.63, 3.8) is 0 Å². The number of hydrogen-bond donors (Lipinski definition) is 1.